The Morgan fingerprint density at radius 2 is 1.50 bits per heavy atom. The first-order valence-electron chi connectivity index (χ1n) is 23.5. The van der Waals surface area contributed by atoms with Crippen LogP contribution >= 0.6 is 0 Å². The fourth-order valence-electron chi connectivity index (χ4n) is 12.1. The summed E-state index contributed by atoms with van der Waals surface area (Å²) in [5.41, 5.74) is 4.76. The molecule has 3 fully saturated rings. The average molecular weight is 767 g/mol. The van der Waals surface area contributed by atoms with E-state index in [-0.39, 0.29) is 12.1 Å². The van der Waals surface area contributed by atoms with Crippen molar-refractivity contribution >= 4 is 5.97 Å². The van der Waals surface area contributed by atoms with Crippen LogP contribution in [0.1, 0.15) is 170 Å². The molecule has 0 heterocycles. The molecule has 0 aromatic heterocycles. The lowest BCUT2D eigenvalue weighted by Crippen LogP contribution is -2.51. The number of carbonyl (C=O) groups is 1. The van der Waals surface area contributed by atoms with E-state index in [1.165, 1.54) is 82.6 Å². The van der Waals surface area contributed by atoms with Gasteiger partial charge in [-0.2, -0.15) is 0 Å². The van der Waals surface area contributed by atoms with Crippen LogP contribution in [-0.2, 0) is 9.53 Å². The largest absolute Gasteiger partial charge is 0.494 e. The van der Waals surface area contributed by atoms with Gasteiger partial charge in [-0.3, -0.25) is 4.79 Å². The van der Waals surface area contributed by atoms with Crippen LogP contribution in [0.2, 0.25) is 0 Å². The van der Waals surface area contributed by atoms with E-state index in [2.05, 4.69) is 90.1 Å². The van der Waals surface area contributed by atoms with Gasteiger partial charge in [0.05, 0.1) is 13.2 Å². The van der Waals surface area contributed by atoms with Gasteiger partial charge in [0.2, 0.25) is 0 Å². The molecule has 3 saturated carbocycles. The molecule has 4 nitrogen and oxygen atoms in total. The summed E-state index contributed by atoms with van der Waals surface area (Å²) in [4.78, 5) is 13.0. The van der Waals surface area contributed by atoms with Gasteiger partial charge in [-0.1, -0.05) is 129 Å². The molecule has 0 unspecified atom stereocenters. The molecule has 4 aliphatic carbocycles. The van der Waals surface area contributed by atoms with E-state index < -0.39 is 0 Å². The topological polar surface area (TPSA) is 44.8 Å². The van der Waals surface area contributed by atoms with Gasteiger partial charge in [0, 0.05) is 12.8 Å². The Hall–Kier alpha value is -2.75. The number of allylic oxidation sites excluding steroid dienone is 1. The maximum atomic E-state index is 13.0. The van der Waals surface area contributed by atoms with Crippen LogP contribution in [0.15, 0.2) is 60.2 Å². The molecular formula is C52H78O4. The van der Waals surface area contributed by atoms with Crippen LogP contribution in [0.3, 0.4) is 0 Å². The lowest BCUT2D eigenvalue weighted by atomic mass is 9.47. The smallest absolute Gasteiger partial charge is 0.306 e. The van der Waals surface area contributed by atoms with E-state index in [1.54, 1.807) is 5.57 Å². The predicted molar refractivity (Wildman–Crippen MR) is 233 cm³/mol. The summed E-state index contributed by atoms with van der Waals surface area (Å²) in [5, 5.41) is 0. The Bertz CT molecular complexity index is 1540. The lowest BCUT2D eigenvalue weighted by molar-refractivity contribution is -0.151. The predicted octanol–water partition coefficient (Wildman–Crippen LogP) is 14.6. The molecule has 2 aromatic carbocycles. The normalized spacial score (nSPS) is 28.8. The number of fused-ring (bicyclic) bond motifs is 5. The van der Waals surface area contributed by atoms with Gasteiger partial charge in [0.25, 0.3) is 0 Å². The number of carbonyl (C=O) groups excluding carboxylic acids is 1. The number of esters is 1. The van der Waals surface area contributed by atoms with Gasteiger partial charge in [-0.05, 0) is 146 Å². The zero-order chi connectivity index (χ0) is 39.5. The lowest BCUT2D eigenvalue weighted by Gasteiger charge is -2.58. The molecule has 0 N–H and O–H groups in total. The molecular weight excluding hydrogens is 689 g/mol. The van der Waals surface area contributed by atoms with Gasteiger partial charge >= 0.3 is 5.97 Å². The molecule has 4 aliphatic rings. The summed E-state index contributed by atoms with van der Waals surface area (Å²) in [7, 11) is 0. The summed E-state index contributed by atoms with van der Waals surface area (Å²) in [6, 6.07) is 16.7. The van der Waals surface area contributed by atoms with Gasteiger partial charge in [-0.25, -0.2) is 0 Å². The zero-order valence-corrected chi connectivity index (χ0v) is 36.4. The summed E-state index contributed by atoms with van der Waals surface area (Å²) in [6.45, 7) is 16.3. The van der Waals surface area contributed by atoms with Crippen LogP contribution in [-0.4, -0.2) is 25.3 Å². The van der Waals surface area contributed by atoms with Crippen LogP contribution < -0.4 is 9.47 Å². The van der Waals surface area contributed by atoms with Crippen LogP contribution in [0, 0.1) is 46.3 Å². The Balaban J connectivity index is 0.871. The second-order valence-corrected chi connectivity index (χ2v) is 19.6. The van der Waals surface area contributed by atoms with Crippen molar-refractivity contribution in [1.29, 1.82) is 0 Å². The van der Waals surface area contributed by atoms with E-state index in [0.717, 1.165) is 104 Å². The van der Waals surface area contributed by atoms with Crippen molar-refractivity contribution in [3.05, 3.63) is 60.2 Å². The monoisotopic (exact) mass is 767 g/mol. The third-order valence-corrected chi connectivity index (χ3v) is 15.4. The average Bonchev–Trinajstić information content (AvgIpc) is 3.55. The molecule has 8 atom stereocenters. The van der Waals surface area contributed by atoms with Crippen molar-refractivity contribution in [3.63, 3.8) is 0 Å². The SMILES string of the molecule is CCCCCCOc1ccc(-c2cccc(OCCCCCCC(=O)O[C@H]3CC[C@@]4(C)C(=CC[C@H]5[C@@H]6CC[C@H]([C@H](C)CCCC(C)C)[C@@]6(C)CC[C@@H]54)C3)c2)cc1. The number of rotatable bonds is 21. The fraction of sp³-hybridized carbons (Fsp3) is 0.712. The number of hydrogen-bond donors (Lipinski definition) is 0. The van der Waals surface area contributed by atoms with Gasteiger partial charge in [-0.15, -0.1) is 0 Å². The highest BCUT2D eigenvalue weighted by molar-refractivity contribution is 5.69. The van der Waals surface area contributed by atoms with Crippen molar-refractivity contribution in [2.75, 3.05) is 13.2 Å². The Morgan fingerprint density at radius 1 is 0.750 bits per heavy atom. The fourth-order valence-corrected chi connectivity index (χ4v) is 12.1. The molecule has 0 amide bonds. The summed E-state index contributed by atoms with van der Waals surface area (Å²) in [6.07, 6.45) is 26.4. The molecule has 0 radical (unpaired) electrons. The van der Waals surface area contributed by atoms with Gasteiger partial charge < -0.3 is 14.2 Å². The molecule has 6 rings (SSSR count). The minimum atomic E-state index is 0.000433. The number of benzene rings is 2. The third kappa shape index (κ3) is 10.6. The summed E-state index contributed by atoms with van der Waals surface area (Å²) in [5.74, 6) is 6.97. The first-order valence-corrected chi connectivity index (χ1v) is 23.5. The molecule has 0 bridgehead atoms. The Labute approximate surface area is 342 Å². The minimum Gasteiger partial charge on any atom is -0.494 e. The number of ether oxygens (including phenoxy) is 3. The first kappa shape index (κ1) is 42.8. The summed E-state index contributed by atoms with van der Waals surface area (Å²) < 4.78 is 18.2. The van der Waals surface area contributed by atoms with Crippen molar-refractivity contribution in [2.45, 2.75) is 176 Å². The molecule has 310 valence electrons. The highest BCUT2D eigenvalue weighted by Crippen LogP contribution is 2.67. The summed E-state index contributed by atoms with van der Waals surface area (Å²) >= 11 is 0. The molecule has 2 aromatic rings. The maximum Gasteiger partial charge on any atom is 0.306 e. The number of hydrogen-bond acceptors (Lipinski definition) is 4. The van der Waals surface area contributed by atoms with Crippen LogP contribution in [0.25, 0.3) is 11.1 Å². The van der Waals surface area contributed by atoms with Crippen LogP contribution in [0.4, 0.5) is 0 Å². The highest BCUT2D eigenvalue weighted by atomic mass is 16.5. The maximum absolute atomic E-state index is 13.0. The second-order valence-electron chi connectivity index (χ2n) is 19.6. The second kappa shape index (κ2) is 20.3. The van der Waals surface area contributed by atoms with Crippen molar-refractivity contribution in [1.82, 2.24) is 0 Å². The Morgan fingerprint density at radius 3 is 2.27 bits per heavy atom. The van der Waals surface area contributed by atoms with Crippen LogP contribution in [0.5, 0.6) is 11.5 Å². The first-order chi connectivity index (χ1) is 27.1. The zero-order valence-electron chi connectivity index (χ0n) is 36.4. The van der Waals surface area contributed by atoms with E-state index in [9.17, 15) is 4.79 Å². The molecule has 0 aliphatic heterocycles. The molecule has 4 heteroatoms. The quantitative estimate of drug-likeness (QED) is 0.0721. The third-order valence-electron chi connectivity index (χ3n) is 15.4. The van der Waals surface area contributed by atoms with E-state index in [4.69, 9.17) is 14.2 Å². The van der Waals surface area contributed by atoms with E-state index in [1.807, 2.05) is 6.07 Å². The Kier molecular flexibility index (Phi) is 15.5. The van der Waals surface area contributed by atoms with E-state index >= 15 is 0 Å². The van der Waals surface area contributed by atoms with Gasteiger partial charge in [0.1, 0.15) is 17.6 Å². The molecule has 0 saturated heterocycles. The van der Waals surface area contributed by atoms with Gasteiger partial charge in [0.15, 0.2) is 0 Å². The molecule has 0 spiro atoms. The molecule has 56 heavy (non-hydrogen) atoms. The number of unbranched alkanes of at least 4 members (excludes halogenated alkanes) is 6. The van der Waals surface area contributed by atoms with Crippen molar-refractivity contribution in [3.8, 4) is 22.6 Å². The highest BCUT2D eigenvalue weighted by Gasteiger charge is 2.59. The minimum absolute atomic E-state index is 0.000433. The van der Waals surface area contributed by atoms with Crippen molar-refractivity contribution in [2.24, 2.45) is 46.3 Å². The standard InChI is InChI=1S/C52H78O4/c1-7-8-9-13-34-54-43-25-22-40(23-26-43)41-19-16-20-44(36-41)55-35-14-11-10-12-21-50(53)56-45-30-32-51(5)42(37-45)24-27-46-48-29-28-47(39(4)18-15-17-38(2)3)52(48,6)33-31-49(46)51/h16,19-20,22-26,36,38-39,45-49H,7-15,17-18,21,27-35,37H2,1-6H3/t39-,45+,46+,47-,48+,49+,51+,52-/m1/s1. The van der Waals surface area contributed by atoms with E-state index in [0.29, 0.717) is 23.9 Å². The van der Waals surface area contributed by atoms with Crippen molar-refractivity contribution < 1.29 is 19.0 Å².